The van der Waals surface area contributed by atoms with Gasteiger partial charge in [-0.05, 0) is 25.5 Å². The van der Waals surface area contributed by atoms with Crippen molar-refractivity contribution in [2.24, 2.45) is 4.99 Å². The van der Waals surface area contributed by atoms with Gasteiger partial charge in [0.2, 0.25) is 0 Å². The molecule has 1 heterocycles. The minimum absolute atomic E-state index is 0. The first-order valence-corrected chi connectivity index (χ1v) is 7.79. The minimum atomic E-state index is 0. The Bertz CT molecular complexity index is 546. The Balaban J connectivity index is 0.00000242. The van der Waals surface area contributed by atoms with Crippen LogP contribution in [0, 0.1) is 0 Å². The van der Waals surface area contributed by atoms with Crippen molar-refractivity contribution in [3.63, 3.8) is 0 Å². The van der Waals surface area contributed by atoms with Gasteiger partial charge in [-0.2, -0.15) is 0 Å². The molecule has 0 atom stereocenters. The fourth-order valence-corrected chi connectivity index (χ4v) is 2.11. The molecule has 0 bridgehead atoms. The lowest BCUT2D eigenvalue weighted by Gasteiger charge is -2.10. The maximum Gasteiger partial charge on any atom is 0.191 e. The summed E-state index contributed by atoms with van der Waals surface area (Å²) in [6.07, 6.45) is 3.15. The van der Waals surface area contributed by atoms with E-state index in [2.05, 4.69) is 45.5 Å². The lowest BCUT2D eigenvalue weighted by atomic mass is 10.3. The number of unbranched alkanes of at least 4 members (excludes halogenated alkanes) is 1. The molecular weight excluding hydrogens is 389 g/mol. The number of nitrogens with one attached hydrogen (secondary N) is 3. The zero-order valence-corrected chi connectivity index (χ0v) is 15.7. The van der Waals surface area contributed by atoms with Crippen molar-refractivity contribution in [3.05, 3.63) is 30.1 Å². The zero-order valence-electron chi connectivity index (χ0n) is 13.4. The Morgan fingerprint density at radius 3 is 2.77 bits per heavy atom. The van der Waals surface area contributed by atoms with E-state index >= 15 is 0 Å². The molecule has 6 heteroatoms. The van der Waals surface area contributed by atoms with Gasteiger partial charge < -0.3 is 15.6 Å². The third kappa shape index (κ3) is 5.82. The van der Waals surface area contributed by atoms with Crippen LogP contribution in [0.25, 0.3) is 11.0 Å². The summed E-state index contributed by atoms with van der Waals surface area (Å²) in [5.41, 5.74) is 2.12. The van der Waals surface area contributed by atoms with Gasteiger partial charge in [-0.3, -0.25) is 4.99 Å². The van der Waals surface area contributed by atoms with Crippen molar-refractivity contribution >= 4 is 41.0 Å². The van der Waals surface area contributed by atoms with Gasteiger partial charge in [0, 0.05) is 26.1 Å². The molecule has 0 aliphatic heterocycles. The number of H-pyrrole nitrogens is 1. The van der Waals surface area contributed by atoms with Gasteiger partial charge in [-0.1, -0.05) is 25.5 Å². The number of nitrogens with zero attached hydrogens (tertiary/aromatic N) is 2. The van der Waals surface area contributed by atoms with Gasteiger partial charge in [0.1, 0.15) is 5.82 Å². The Kier molecular flexibility index (Phi) is 8.88. The Morgan fingerprint density at radius 2 is 2.05 bits per heavy atom. The van der Waals surface area contributed by atoms with E-state index in [1.807, 2.05) is 18.2 Å². The summed E-state index contributed by atoms with van der Waals surface area (Å²) in [6.45, 7) is 6.82. The second kappa shape index (κ2) is 10.4. The maximum atomic E-state index is 4.58. The smallest absolute Gasteiger partial charge is 0.191 e. The fraction of sp³-hybridized carbons (Fsp3) is 0.500. The van der Waals surface area contributed by atoms with Gasteiger partial charge in [0.05, 0.1) is 11.0 Å². The number of guanidine groups is 1. The molecule has 1 aromatic heterocycles. The van der Waals surface area contributed by atoms with Crippen LogP contribution >= 0.6 is 24.0 Å². The Hall–Kier alpha value is -1.31. The normalized spacial score (nSPS) is 11.3. The average Bonchev–Trinajstić information content (AvgIpc) is 2.90. The Morgan fingerprint density at radius 1 is 1.23 bits per heavy atom. The number of para-hydroxylation sites is 2. The first-order valence-electron chi connectivity index (χ1n) is 7.79. The molecule has 2 rings (SSSR count). The van der Waals surface area contributed by atoms with Crippen molar-refractivity contribution < 1.29 is 0 Å². The molecule has 0 amide bonds. The van der Waals surface area contributed by atoms with Crippen LogP contribution in [0.2, 0.25) is 0 Å². The van der Waals surface area contributed by atoms with Gasteiger partial charge in [0.15, 0.2) is 5.96 Å². The molecule has 2 aromatic rings. The number of imidazole rings is 1. The molecule has 22 heavy (non-hydrogen) atoms. The van der Waals surface area contributed by atoms with Crippen molar-refractivity contribution in [3.8, 4) is 0 Å². The number of halogens is 1. The summed E-state index contributed by atoms with van der Waals surface area (Å²) in [4.78, 5) is 12.5. The molecule has 0 fully saturated rings. The fourth-order valence-electron chi connectivity index (χ4n) is 2.11. The van der Waals surface area contributed by atoms with E-state index in [9.17, 15) is 0 Å². The summed E-state index contributed by atoms with van der Waals surface area (Å²) in [5, 5.41) is 6.61. The molecule has 122 valence electrons. The highest BCUT2D eigenvalue weighted by Crippen LogP contribution is 2.10. The van der Waals surface area contributed by atoms with Crippen LogP contribution in [-0.4, -0.2) is 35.6 Å². The number of hydrogen-bond acceptors (Lipinski definition) is 2. The van der Waals surface area contributed by atoms with Crippen molar-refractivity contribution in [2.45, 2.75) is 33.1 Å². The van der Waals surface area contributed by atoms with E-state index in [0.717, 1.165) is 55.3 Å². The van der Waals surface area contributed by atoms with Crippen molar-refractivity contribution in [1.82, 2.24) is 20.6 Å². The van der Waals surface area contributed by atoms with Crippen LogP contribution in [0.4, 0.5) is 0 Å². The summed E-state index contributed by atoms with van der Waals surface area (Å²) in [7, 11) is 0. The maximum absolute atomic E-state index is 4.58. The minimum Gasteiger partial charge on any atom is -0.357 e. The van der Waals surface area contributed by atoms with E-state index in [4.69, 9.17) is 0 Å². The number of hydrogen-bond donors (Lipinski definition) is 3. The summed E-state index contributed by atoms with van der Waals surface area (Å²) in [5.74, 6) is 1.90. The largest absolute Gasteiger partial charge is 0.357 e. The molecule has 0 unspecified atom stereocenters. The summed E-state index contributed by atoms with van der Waals surface area (Å²) < 4.78 is 0. The molecule has 5 nitrogen and oxygen atoms in total. The molecular formula is C16H26IN5. The first-order chi connectivity index (χ1) is 10.3. The predicted molar refractivity (Wildman–Crippen MR) is 104 cm³/mol. The number of fused-ring (bicyclic) bond motifs is 1. The molecule has 0 saturated carbocycles. The number of rotatable bonds is 7. The van der Waals surface area contributed by atoms with E-state index in [0.29, 0.717) is 0 Å². The molecule has 0 aliphatic carbocycles. The molecule has 0 saturated heterocycles. The highest BCUT2D eigenvalue weighted by atomic mass is 127. The lowest BCUT2D eigenvalue weighted by molar-refractivity contribution is 0.758. The van der Waals surface area contributed by atoms with Gasteiger partial charge in [-0.25, -0.2) is 4.98 Å². The highest BCUT2D eigenvalue weighted by Gasteiger charge is 2.02. The molecule has 0 spiro atoms. The number of benzene rings is 1. The van der Waals surface area contributed by atoms with E-state index in [1.165, 1.54) is 6.42 Å². The average molecular weight is 415 g/mol. The van der Waals surface area contributed by atoms with Crippen LogP contribution in [0.15, 0.2) is 29.3 Å². The van der Waals surface area contributed by atoms with Gasteiger partial charge in [-0.15, -0.1) is 24.0 Å². The molecule has 1 aromatic carbocycles. The molecule has 0 radical (unpaired) electrons. The van der Waals surface area contributed by atoms with Gasteiger partial charge in [0.25, 0.3) is 0 Å². The van der Waals surface area contributed by atoms with Crippen LogP contribution in [-0.2, 0) is 6.42 Å². The second-order valence-electron chi connectivity index (χ2n) is 4.99. The van der Waals surface area contributed by atoms with Crippen LogP contribution in [0.3, 0.4) is 0 Å². The number of aromatic nitrogens is 2. The third-order valence-electron chi connectivity index (χ3n) is 3.22. The highest BCUT2D eigenvalue weighted by molar-refractivity contribution is 14.0. The lowest BCUT2D eigenvalue weighted by Crippen LogP contribution is -2.38. The topological polar surface area (TPSA) is 65.1 Å². The number of aromatic amines is 1. The monoisotopic (exact) mass is 415 g/mol. The first kappa shape index (κ1) is 18.7. The third-order valence-corrected chi connectivity index (χ3v) is 3.22. The van der Waals surface area contributed by atoms with E-state index in [-0.39, 0.29) is 24.0 Å². The van der Waals surface area contributed by atoms with Crippen LogP contribution in [0.5, 0.6) is 0 Å². The van der Waals surface area contributed by atoms with Crippen LogP contribution < -0.4 is 10.6 Å². The quantitative estimate of drug-likeness (QED) is 0.282. The molecule has 3 N–H and O–H groups in total. The summed E-state index contributed by atoms with van der Waals surface area (Å²) in [6, 6.07) is 8.11. The standard InChI is InChI=1S/C16H25N5.HI/c1-3-5-11-18-16(17-4-2)19-12-10-15-20-13-8-6-7-9-14(13)21-15;/h6-9H,3-5,10-12H2,1-2H3,(H,20,21)(H2,17,18,19);1H. The van der Waals surface area contributed by atoms with Crippen molar-refractivity contribution in [1.29, 1.82) is 0 Å². The van der Waals surface area contributed by atoms with Crippen molar-refractivity contribution in [2.75, 3.05) is 19.6 Å². The Labute approximate surface area is 149 Å². The van der Waals surface area contributed by atoms with Gasteiger partial charge >= 0.3 is 0 Å². The summed E-state index contributed by atoms with van der Waals surface area (Å²) >= 11 is 0. The van der Waals surface area contributed by atoms with E-state index in [1.54, 1.807) is 0 Å². The number of aliphatic imine (C=N–C) groups is 1. The second-order valence-corrected chi connectivity index (χ2v) is 4.99. The SMILES string of the molecule is CCCCN=C(NCC)NCCc1nc2ccccc2[nH]1.I. The van der Waals surface area contributed by atoms with E-state index < -0.39 is 0 Å². The predicted octanol–water partition coefficient (Wildman–Crippen LogP) is 3.08. The molecule has 0 aliphatic rings. The van der Waals surface area contributed by atoms with Crippen LogP contribution in [0.1, 0.15) is 32.5 Å². The zero-order chi connectivity index (χ0) is 14.9.